The standard InChI is InChI=1S/C23H19F3N4O5S/c1-14(31)34-13-19(32)30-21(15-8-11-27-12-9-15)36-22-18(3-2-10-28-22)20(33)29-16-4-6-17(7-5-16)35-23(24,25)26/h2-12,21H,13H2,1H3,(H,29,33)(H,30,32). The Balaban J connectivity index is 1.77. The second kappa shape index (κ2) is 12.0. The molecule has 2 aromatic heterocycles. The Kier molecular flexibility index (Phi) is 8.84. The zero-order valence-corrected chi connectivity index (χ0v) is 19.4. The molecule has 3 rings (SSSR count). The minimum absolute atomic E-state index is 0.159. The van der Waals surface area contributed by atoms with Crippen molar-refractivity contribution >= 4 is 35.2 Å². The summed E-state index contributed by atoms with van der Waals surface area (Å²) in [6.07, 6.45) is -0.309. The number of benzene rings is 1. The van der Waals surface area contributed by atoms with Crippen molar-refractivity contribution in [1.82, 2.24) is 15.3 Å². The highest BCUT2D eigenvalue weighted by molar-refractivity contribution is 7.99. The average molecular weight is 520 g/mol. The molecule has 0 aliphatic heterocycles. The van der Waals surface area contributed by atoms with Gasteiger partial charge in [-0.05, 0) is 54.1 Å². The molecular formula is C23H19F3N4O5S. The summed E-state index contributed by atoms with van der Waals surface area (Å²) >= 11 is 1.06. The van der Waals surface area contributed by atoms with E-state index in [1.54, 1.807) is 18.2 Å². The van der Waals surface area contributed by atoms with Crippen LogP contribution in [-0.4, -0.2) is 40.7 Å². The molecule has 0 aliphatic rings. The molecule has 1 aromatic carbocycles. The second-order valence-corrected chi connectivity index (χ2v) is 8.10. The largest absolute Gasteiger partial charge is 0.573 e. The van der Waals surface area contributed by atoms with Gasteiger partial charge >= 0.3 is 12.3 Å². The van der Waals surface area contributed by atoms with Gasteiger partial charge in [0.25, 0.3) is 11.8 Å². The SMILES string of the molecule is CC(=O)OCC(=O)NC(Sc1ncccc1C(=O)Nc1ccc(OC(F)(F)F)cc1)c1ccncc1. The maximum atomic E-state index is 12.9. The predicted molar refractivity (Wildman–Crippen MR) is 123 cm³/mol. The maximum Gasteiger partial charge on any atom is 0.573 e. The Bertz CT molecular complexity index is 1210. The van der Waals surface area contributed by atoms with Gasteiger partial charge in [-0.15, -0.1) is 13.2 Å². The molecule has 0 bridgehead atoms. The Morgan fingerprint density at radius 1 is 1.03 bits per heavy atom. The zero-order chi connectivity index (χ0) is 26.1. The number of halogens is 3. The fourth-order valence-electron chi connectivity index (χ4n) is 2.78. The van der Waals surface area contributed by atoms with Gasteiger partial charge in [0.05, 0.1) is 5.56 Å². The molecule has 0 radical (unpaired) electrons. The van der Waals surface area contributed by atoms with Crippen LogP contribution in [-0.2, 0) is 14.3 Å². The Morgan fingerprint density at radius 2 is 1.72 bits per heavy atom. The van der Waals surface area contributed by atoms with E-state index in [9.17, 15) is 27.6 Å². The number of alkyl halides is 3. The van der Waals surface area contributed by atoms with Crippen molar-refractivity contribution < 1.29 is 37.0 Å². The highest BCUT2D eigenvalue weighted by Crippen LogP contribution is 2.34. The summed E-state index contributed by atoms with van der Waals surface area (Å²) in [5, 5.41) is 4.86. The summed E-state index contributed by atoms with van der Waals surface area (Å²) in [5.41, 5.74) is 1.03. The normalized spacial score (nSPS) is 11.8. The summed E-state index contributed by atoms with van der Waals surface area (Å²) in [5.74, 6) is -2.18. The van der Waals surface area contributed by atoms with Crippen molar-refractivity contribution in [2.75, 3.05) is 11.9 Å². The lowest BCUT2D eigenvalue weighted by Crippen LogP contribution is -2.31. The number of hydrogen-bond donors (Lipinski definition) is 2. The van der Waals surface area contributed by atoms with Crippen LogP contribution in [0, 0.1) is 0 Å². The van der Waals surface area contributed by atoms with Crippen molar-refractivity contribution in [2.24, 2.45) is 0 Å². The van der Waals surface area contributed by atoms with Crippen molar-refractivity contribution in [2.45, 2.75) is 23.7 Å². The Morgan fingerprint density at radius 3 is 2.36 bits per heavy atom. The molecule has 3 aromatic rings. The molecule has 9 nitrogen and oxygen atoms in total. The van der Waals surface area contributed by atoms with Crippen LogP contribution in [0.15, 0.2) is 72.1 Å². The van der Waals surface area contributed by atoms with Crippen LogP contribution in [0.5, 0.6) is 5.75 Å². The minimum Gasteiger partial charge on any atom is -0.456 e. The van der Waals surface area contributed by atoms with Crippen molar-refractivity contribution in [3.8, 4) is 5.75 Å². The fourth-order valence-corrected chi connectivity index (χ4v) is 3.90. The third-order valence-corrected chi connectivity index (χ3v) is 5.47. The second-order valence-electron chi connectivity index (χ2n) is 7.01. The van der Waals surface area contributed by atoms with E-state index >= 15 is 0 Å². The van der Waals surface area contributed by atoms with Crippen molar-refractivity contribution in [3.63, 3.8) is 0 Å². The van der Waals surface area contributed by atoms with Crippen LogP contribution in [0.2, 0.25) is 0 Å². The number of carbonyl (C=O) groups excluding carboxylic acids is 3. The lowest BCUT2D eigenvalue weighted by molar-refractivity contribution is -0.274. The first-order chi connectivity index (χ1) is 17.1. The molecule has 2 heterocycles. The predicted octanol–water partition coefficient (Wildman–Crippen LogP) is 4.10. The average Bonchev–Trinajstić information content (AvgIpc) is 2.83. The first-order valence-corrected chi connectivity index (χ1v) is 11.1. The third kappa shape index (κ3) is 8.27. The summed E-state index contributed by atoms with van der Waals surface area (Å²) in [6, 6.07) is 11.0. The monoisotopic (exact) mass is 520 g/mol. The molecule has 2 N–H and O–H groups in total. The number of thioether (sulfide) groups is 1. The highest BCUT2D eigenvalue weighted by Gasteiger charge is 2.31. The van der Waals surface area contributed by atoms with E-state index in [1.165, 1.54) is 43.7 Å². The van der Waals surface area contributed by atoms with E-state index in [0.717, 1.165) is 23.9 Å². The van der Waals surface area contributed by atoms with Gasteiger partial charge in [-0.2, -0.15) is 0 Å². The van der Waals surface area contributed by atoms with E-state index in [0.29, 0.717) is 5.56 Å². The van der Waals surface area contributed by atoms with Crippen LogP contribution in [0.25, 0.3) is 0 Å². The number of amides is 2. The molecule has 13 heteroatoms. The summed E-state index contributed by atoms with van der Waals surface area (Å²) in [7, 11) is 0. The summed E-state index contributed by atoms with van der Waals surface area (Å²) in [6.45, 7) is 0.694. The van der Waals surface area contributed by atoms with Crippen LogP contribution in [0.3, 0.4) is 0 Å². The third-order valence-electron chi connectivity index (χ3n) is 4.30. The van der Waals surface area contributed by atoms with Crippen molar-refractivity contribution in [1.29, 1.82) is 0 Å². The molecule has 188 valence electrons. The van der Waals surface area contributed by atoms with Crippen LogP contribution in [0.4, 0.5) is 18.9 Å². The van der Waals surface area contributed by atoms with E-state index in [4.69, 9.17) is 4.74 Å². The highest BCUT2D eigenvalue weighted by atomic mass is 32.2. The van der Waals surface area contributed by atoms with E-state index in [1.807, 2.05) is 0 Å². The lowest BCUT2D eigenvalue weighted by Gasteiger charge is -2.19. The van der Waals surface area contributed by atoms with Gasteiger partial charge in [0.15, 0.2) is 6.61 Å². The fraction of sp³-hybridized carbons (Fsp3) is 0.174. The van der Waals surface area contributed by atoms with Crippen LogP contribution >= 0.6 is 11.8 Å². The number of nitrogens with one attached hydrogen (secondary N) is 2. The van der Waals surface area contributed by atoms with Gasteiger partial charge in [-0.3, -0.25) is 19.4 Å². The topological polar surface area (TPSA) is 120 Å². The number of anilines is 1. The smallest absolute Gasteiger partial charge is 0.456 e. The van der Waals surface area contributed by atoms with E-state index < -0.39 is 41.9 Å². The van der Waals surface area contributed by atoms with Crippen LogP contribution < -0.4 is 15.4 Å². The van der Waals surface area contributed by atoms with Gasteiger partial charge < -0.3 is 20.1 Å². The number of esters is 1. The molecule has 1 unspecified atom stereocenters. The number of hydrogen-bond acceptors (Lipinski definition) is 8. The number of carbonyl (C=O) groups is 3. The summed E-state index contributed by atoms with van der Waals surface area (Å²) in [4.78, 5) is 44.4. The summed E-state index contributed by atoms with van der Waals surface area (Å²) < 4.78 is 45.6. The van der Waals surface area contributed by atoms with Crippen molar-refractivity contribution in [3.05, 3.63) is 78.2 Å². The number of ether oxygens (including phenoxy) is 2. The van der Waals surface area contributed by atoms with Gasteiger partial charge in [0.2, 0.25) is 0 Å². The molecule has 0 aliphatic carbocycles. The Hall–Kier alpha value is -4.13. The number of aromatic nitrogens is 2. The van der Waals surface area contributed by atoms with Gasteiger partial charge in [0.1, 0.15) is 16.1 Å². The first kappa shape index (κ1) is 26.5. The van der Waals surface area contributed by atoms with E-state index in [2.05, 4.69) is 25.3 Å². The Labute approximate surface area is 207 Å². The lowest BCUT2D eigenvalue weighted by atomic mass is 10.2. The molecule has 2 amide bonds. The first-order valence-electron chi connectivity index (χ1n) is 10.2. The van der Waals surface area contributed by atoms with Gasteiger partial charge in [-0.1, -0.05) is 11.8 Å². The molecule has 36 heavy (non-hydrogen) atoms. The molecule has 0 saturated heterocycles. The van der Waals surface area contributed by atoms with Gasteiger partial charge in [-0.25, -0.2) is 4.98 Å². The number of nitrogens with zero attached hydrogens (tertiary/aromatic N) is 2. The molecule has 0 spiro atoms. The molecule has 1 atom stereocenters. The number of rotatable bonds is 9. The zero-order valence-electron chi connectivity index (χ0n) is 18.6. The maximum absolute atomic E-state index is 12.9. The molecule has 0 saturated carbocycles. The minimum atomic E-state index is -4.83. The number of pyridine rings is 2. The molecule has 0 fully saturated rings. The molecular weight excluding hydrogens is 501 g/mol. The quantitative estimate of drug-likeness (QED) is 0.246. The van der Waals surface area contributed by atoms with Crippen LogP contribution in [0.1, 0.15) is 28.2 Å². The van der Waals surface area contributed by atoms with Gasteiger partial charge in [0, 0.05) is 31.2 Å². The van der Waals surface area contributed by atoms with E-state index in [-0.39, 0.29) is 16.3 Å².